The summed E-state index contributed by atoms with van der Waals surface area (Å²) in [4.78, 5) is 35.6. The van der Waals surface area contributed by atoms with Crippen LogP contribution < -0.4 is 15.5 Å². The highest BCUT2D eigenvalue weighted by atomic mass is 35.5. The van der Waals surface area contributed by atoms with Gasteiger partial charge in [-0.25, -0.2) is 9.37 Å². The van der Waals surface area contributed by atoms with E-state index in [1.54, 1.807) is 29.8 Å². The maximum atomic E-state index is 13.5. The van der Waals surface area contributed by atoms with E-state index in [1.807, 2.05) is 19.1 Å². The molecule has 1 saturated heterocycles. The van der Waals surface area contributed by atoms with Gasteiger partial charge in [0.15, 0.2) is 5.82 Å². The molecule has 38 heavy (non-hydrogen) atoms. The van der Waals surface area contributed by atoms with Crippen LogP contribution >= 0.6 is 11.6 Å². The Labute approximate surface area is 224 Å². The zero-order valence-electron chi connectivity index (χ0n) is 21.2. The van der Waals surface area contributed by atoms with Crippen LogP contribution in [0.1, 0.15) is 16.1 Å². The first kappa shape index (κ1) is 25.6. The summed E-state index contributed by atoms with van der Waals surface area (Å²) in [6.07, 6.45) is 1.47. The van der Waals surface area contributed by atoms with Crippen LogP contribution in [-0.4, -0.2) is 68.5 Å². The third kappa shape index (κ3) is 5.43. The lowest BCUT2D eigenvalue weighted by Gasteiger charge is -2.32. The van der Waals surface area contributed by atoms with Crippen molar-refractivity contribution in [2.75, 3.05) is 48.8 Å². The molecule has 1 aliphatic rings. The average molecular weight is 536 g/mol. The number of aromatic nitrogens is 5. The van der Waals surface area contributed by atoms with E-state index in [2.05, 4.69) is 47.4 Å². The summed E-state index contributed by atoms with van der Waals surface area (Å²) in [5.74, 6) is 0.841. The van der Waals surface area contributed by atoms with Crippen LogP contribution in [0.3, 0.4) is 0 Å². The van der Waals surface area contributed by atoms with Crippen LogP contribution in [0.2, 0.25) is 5.02 Å². The Bertz CT molecular complexity index is 1450. The molecule has 1 aliphatic heterocycles. The number of para-hydroxylation sites is 1. The molecule has 196 valence electrons. The zero-order valence-corrected chi connectivity index (χ0v) is 22.0. The van der Waals surface area contributed by atoms with Gasteiger partial charge in [-0.3, -0.25) is 10.1 Å². The van der Waals surface area contributed by atoms with Gasteiger partial charge in [-0.2, -0.15) is 15.0 Å². The predicted octanol–water partition coefficient (Wildman–Crippen LogP) is 4.12. The molecule has 10 nitrogen and oxygen atoms in total. The highest BCUT2D eigenvalue weighted by Crippen LogP contribution is 2.27. The van der Waals surface area contributed by atoms with Crippen LogP contribution in [0, 0.1) is 12.7 Å². The standard InChI is InChI=1S/C26H27ClFN9O/c1-16-5-4-6-19(27)21(16)30-23(38)20-15-29-25(36(20)3)33-24-31-22(17-7-9-18(28)10-8-17)32-26(34-24)37-13-11-35(2)12-14-37/h4-10,15H,11-14H2,1-3H3,(H,30,38)(H,29,31,32,33,34). The van der Waals surface area contributed by atoms with Gasteiger partial charge >= 0.3 is 0 Å². The van der Waals surface area contributed by atoms with Gasteiger partial charge in [0.2, 0.25) is 17.8 Å². The Balaban J connectivity index is 1.44. The average Bonchev–Trinajstić information content (AvgIpc) is 3.26. The second-order valence-electron chi connectivity index (χ2n) is 9.12. The van der Waals surface area contributed by atoms with E-state index in [-0.39, 0.29) is 17.7 Å². The van der Waals surface area contributed by atoms with Gasteiger partial charge < -0.3 is 19.7 Å². The van der Waals surface area contributed by atoms with Gasteiger partial charge in [0.1, 0.15) is 11.5 Å². The maximum Gasteiger partial charge on any atom is 0.274 e. The number of carbonyl (C=O) groups excluding carboxylic acids is 1. The first-order valence-corrected chi connectivity index (χ1v) is 12.5. The highest BCUT2D eigenvalue weighted by molar-refractivity contribution is 6.34. The van der Waals surface area contributed by atoms with Gasteiger partial charge in [0.25, 0.3) is 5.91 Å². The van der Waals surface area contributed by atoms with Crippen LogP contribution in [-0.2, 0) is 7.05 Å². The minimum atomic E-state index is -0.356. The Kier molecular flexibility index (Phi) is 7.21. The topological polar surface area (TPSA) is 104 Å². The number of rotatable bonds is 6. The highest BCUT2D eigenvalue weighted by Gasteiger charge is 2.21. The van der Waals surface area contributed by atoms with E-state index in [9.17, 15) is 9.18 Å². The molecule has 1 fully saturated rings. The van der Waals surface area contributed by atoms with Gasteiger partial charge in [-0.15, -0.1) is 0 Å². The first-order valence-electron chi connectivity index (χ1n) is 12.1. The third-order valence-corrected chi connectivity index (χ3v) is 6.73. The number of carbonyl (C=O) groups is 1. The fourth-order valence-corrected chi connectivity index (χ4v) is 4.37. The number of hydrogen-bond acceptors (Lipinski definition) is 8. The van der Waals surface area contributed by atoms with Gasteiger partial charge in [0.05, 0.1) is 16.9 Å². The Morgan fingerprint density at radius 1 is 1.00 bits per heavy atom. The fourth-order valence-electron chi connectivity index (χ4n) is 4.10. The molecule has 2 aromatic heterocycles. The largest absolute Gasteiger partial charge is 0.338 e. The quantitative estimate of drug-likeness (QED) is 0.380. The summed E-state index contributed by atoms with van der Waals surface area (Å²) in [6, 6.07) is 11.4. The van der Waals surface area contributed by atoms with E-state index >= 15 is 0 Å². The van der Waals surface area contributed by atoms with Crippen LogP contribution in [0.25, 0.3) is 11.4 Å². The van der Waals surface area contributed by atoms with E-state index in [0.717, 1.165) is 31.7 Å². The van der Waals surface area contributed by atoms with E-state index in [4.69, 9.17) is 11.6 Å². The molecule has 12 heteroatoms. The molecule has 0 radical (unpaired) electrons. The molecule has 0 spiro atoms. The lowest BCUT2D eigenvalue weighted by molar-refractivity contribution is 0.101. The van der Waals surface area contributed by atoms with Crippen LogP contribution in [0.4, 0.5) is 27.9 Å². The van der Waals surface area contributed by atoms with Crippen molar-refractivity contribution in [1.29, 1.82) is 0 Å². The number of imidazole rings is 1. The molecule has 2 N–H and O–H groups in total. The summed E-state index contributed by atoms with van der Waals surface area (Å²) in [5, 5.41) is 6.43. The predicted molar refractivity (Wildman–Crippen MR) is 146 cm³/mol. The van der Waals surface area contributed by atoms with Crippen molar-refractivity contribution in [3.63, 3.8) is 0 Å². The van der Waals surface area contributed by atoms with Gasteiger partial charge in [-0.1, -0.05) is 23.7 Å². The molecular formula is C26H27ClFN9O. The first-order chi connectivity index (χ1) is 18.3. The number of piperazine rings is 1. The van der Waals surface area contributed by atoms with Crippen molar-refractivity contribution >= 4 is 41.0 Å². The molecule has 3 heterocycles. The molecule has 0 aliphatic carbocycles. The molecular weight excluding hydrogens is 509 g/mol. The number of aryl methyl sites for hydroxylation is 1. The third-order valence-electron chi connectivity index (χ3n) is 6.42. The number of hydrogen-bond donors (Lipinski definition) is 2. The van der Waals surface area contributed by atoms with E-state index in [1.165, 1.54) is 18.3 Å². The Morgan fingerprint density at radius 3 is 2.45 bits per heavy atom. The molecule has 0 bridgehead atoms. The summed E-state index contributed by atoms with van der Waals surface area (Å²) in [6.45, 7) is 5.15. The second-order valence-corrected chi connectivity index (χ2v) is 9.52. The van der Waals surface area contributed by atoms with Crippen molar-refractivity contribution in [2.45, 2.75) is 6.92 Å². The summed E-state index contributed by atoms with van der Waals surface area (Å²) < 4.78 is 15.1. The Morgan fingerprint density at radius 2 is 1.74 bits per heavy atom. The van der Waals surface area contributed by atoms with Crippen molar-refractivity contribution in [3.8, 4) is 11.4 Å². The summed E-state index contributed by atoms with van der Waals surface area (Å²) in [7, 11) is 3.79. The monoisotopic (exact) mass is 535 g/mol. The van der Waals surface area contributed by atoms with Crippen molar-refractivity contribution in [3.05, 3.63) is 70.8 Å². The van der Waals surface area contributed by atoms with Crippen molar-refractivity contribution < 1.29 is 9.18 Å². The van der Waals surface area contributed by atoms with Crippen LogP contribution in [0.15, 0.2) is 48.7 Å². The van der Waals surface area contributed by atoms with Crippen LogP contribution in [0.5, 0.6) is 0 Å². The second kappa shape index (κ2) is 10.7. The number of nitrogens with one attached hydrogen (secondary N) is 2. The lowest BCUT2D eigenvalue weighted by atomic mass is 10.2. The minimum absolute atomic E-state index is 0.260. The fraction of sp³-hybridized carbons (Fsp3) is 0.269. The van der Waals surface area contributed by atoms with Gasteiger partial charge in [-0.05, 0) is 49.9 Å². The maximum absolute atomic E-state index is 13.5. The molecule has 0 saturated carbocycles. The molecule has 0 unspecified atom stereocenters. The smallest absolute Gasteiger partial charge is 0.274 e. The zero-order chi connectivity index (χ0) is 26.8. The molecule has 4 aromatic rings. The summed E-state index contributed by atoms with van der Waals surface area (Å²) >= 11 is 6.27. The number of anilines is 4. The normalized spacial score (nSPS) is 14.0. The number of benzene rings is 2. The number of halogens is 2. The van der Waals surface area contributed by atoms with E-state index < -0.39 is 0 Å². The van der Waals surface area contributed by atoms with Gasteiger partial charge in [0, 0.05) is 38.8 Å². The molecule has 2 aromatic carbocycles. The Hall–Kier alpha value is -4.09. The van der Waals surface area contributed by atoms with Crippen molar-refractivity contribution in [1.82, 2.24) is 29.4 Å². The van der Waals surface area contributed by atoms with Crippen molar-refractivity contribution in [2.24, 2.45) is 7.05 Å². The number of likely N-dealkylation sites (N-methyl/N-ethyl adjacent to an activating group) is 1. The number of amides is 1. The molecule has 0 atom stereocenters. The minimum Gasteiger partial charge on any atom is -0.338 e. The summed E-state index contributed by atoms with van der Waals surface area (Å²) in [5.41, 5.74) is 2.37. The SMILES string of the molecule is Cc1cccc(Cl)c1NC(=O)c1cnc(Nc2nc(-c3ccc(F)cc3)nc(N3CCN(C)CC3)n2)n1C. The lowest BCUT2D eigenvalue weighted by Crippen LogP contribution is -2.45. The molecule has 5 rings (SSSR count). The van der Waals surface area contributed by atoms with E-state index in [0.29, 0.717) is 39.7 Å². The number of nitrogens with zero attached hydrogens (tertiary/aromatic N) is 7. The molecule has 1 amide bonds.